The largest absolute Gasteiger partial charge is 0.298 e. The number of benzene rings is 1. The quantitative estimate of drug-likeness (QED) is 0.790. The van der Waals surface area contributed by atoms with Gasteiger partial charge in [0.2, 0.25) is 0 Å². The van der Waals surface area contributed by atoms with E-state index in [4.69, 9.17) is 0 Å². The predicted molar refractivity (Wildman–Crippen MR) is 87.1 cm³/mol. The van der Waals surface area contributed by atoms with Crippen molar-refractivity contribution in [2.24, 2.45) is 0 Å². The Morgan fingerprint density at radius 2 is 1.81 bits per heavy atom. The second-order valence-electron chi connectivity index (χ2n) is 4.58. The Morgan fingerprint density at radius 3 is 2.38 bits per heavy atom. The molecule has 0 bridgehead atoms. The van der Waals surface area contributed by atoms with Crippen molar-refractivity contribution in [2.45, 2.75) is 13.8 Å². The molecule has 6 heteroatoms. The van der Waals surface area contributed by atoms with E-state index in [9.17, 15) is 4.79 Å². The second kappa shape index (κ2) is 5.75. The molecule has 2 heterocycles. The monoisotopic (exact) mass is 315 g/mol. The topological polar surface area (TPSA) is 54.9 Å². The van der Waals surface area contributed by atoms with Crippen molar-refractivity contribution in [3.63, 3.8) is 0 Å². The molecule has 1 N–H and O–H groups in total. The van der Waals surface area contributed by atoms with Crippen LogP contribution in [0.3, 0.4) is 0 Å². The fraction of sp³-hybridized carbons (Fsp3) is 0.133. The highest BCUT2D eigenvalue weighted by atomic mass is 32.1. The minimum absolute atomic E-state index is 0.148. The van der Waals surface area contributed by atoms with Crippen LogP contribution in [0.25, 0.3) is 11.3 Å². The lowest BCUT2D eigenvalue weighted by atomic mass is 10.1. The van der Waals surface area contributed by atoms with Crippen LogP contribution in [0.1, 0.15) is 21.1 Å². The summed E-state index contributed by atoms with van der Waals surface area (Å²) in [6.07, 6.45) is 0. The maximum atomic E-state index is 12.1. The molecule has 0 unspecified atom stereocenters. The molecule has 3 aromatic rings. The third-order valence-corrected chi connectivity index (χ3v) is 4.55. The molecule has 0 aliphatic heterocycles. The van der Waals surface area contributed by atoms with Crippen LogP contribution < -0.4 is 5.32 Å². The standard InChI is InChI=1S/C15H13N3OS2/c1-9-7-21-15(16-9)18-14(19)12-5-3-11(4-6-12)13-8-20-10(2)17-13/h3-8H,1-2H3,(H,16,18,19). The molecule has 0 spiro atoms. The molecule has 21 heavy (non-hydrogen) atoms. The van der Waals surface area contributed by atoms with E-state index < -0.39 is 0 Å². The molecule has 3 rings (SSSR count). The van der Waals surface area contributed by atoms with Crippen LogP contribution in [0, 0.1) is 13.8 Å². The van der Waals surface area contributed by atoms with Gasteiger partial charge in [-0.15, -0.1) is 22.7 Å². The molecule has 106 valence electrons. The summed E-state index contributed by atoms with van der Waals surface area (Å²) in [7, 11) is 0. The first-order valence-electron chi connectivity index (χ1n) is 6.38. The zero-order chi connectivity index (χ0) is 14.8. The molecule has 0 aliphatic carbocycles. The summed E-state index contributed by atoms with van der Waals surface area (Å²) in [5.74, 6) is -0.148. The summed E-state index contributed by atoms with van der Waals surface area (Å²) >= 11 is 3.04. The highest BCUT2D eigenvalue weighted by Gasteiger charge is 2.09. The molecule has 0 atom stereocenters. The summed E-state index contributed by atoms with van der Waals surface area (Å²) in [4.78, 5) is 20.8. The molecule has 0 fully saturated rings. The van der Waals surface area contributed by atoms with Crippen molar-refractivity contribution in [2.75, 3.05) is 5.32 Å². The van der Waals surface area contributed by atoms with Gasteiger partial charge in [-0.25, -0.2) is 9.97 Å². The lowest BCUT2D eigenvalue weighted by molar-refractivity contribution is 0.102. The van der Waals surface area contributed by atoms with Crippen LogP contribution in [0.4, 0.5) is 5.13 Å². The van der Waals surface area contributed by atoms with E-state index in [0.717, 1.165) is 22.0 Å². The SMILES string of the molecule is Cc1csc(NC(=O)c2ccc(-c3csc(C)n3)cc2)n1. The van der Waals surface area contributed by atoms with Crippen LogP contribution >= 0.6 is 22.7 Å². The van der Waals surface area contributed by atoms with Crippen LogP contribution in [-0.2, 0) is 0 Å². The molecule has 4 nitrogen and oxygen atoms in total. The highest BCUT2D eigenvalue weighted by Crippen LogP contribution is 2.22. The first-order chi connectivity index (χ1) is 10.1. The normalized spacial score (nSPS) is 10.6. The van der Waals surface area contributed by atoms with Gasteiger partial charge in [-0.05, 0) is 26.0 Å². The van der Waals surface area contributed by atoms with Gasteiger partial charge in [-0.1, -0.05) is 12.1 Å². The second-order valence-corrected chi connectivity index (χ2v) is 6.50. The van der Waals surface area contributed by atoms with E-state index in [1.54, 1.807) is 23.5 Å². The van der Waals surface area contributed by atoms with Gasteiger partial charge < -0.3 is 0 Å². The molecule has 0 aliphatic rings. The van der Waals surface area contributed by atoms with Gasteiger partial charge in [0.05, 0.1) is 16.4 Å². The predicted octanol–water partition coefficient (Wildman–Crippen LogP) is 4.14. The number of thiazole rings is 2. The minimum Gasteiger partial charge on any atom is -0.298 e. The molecule has 0 radical (unpaired) electrons. The molecule has 1 aromatic carbocycles. The Morgan fingerprint density at radius 1 is 1.05 bits per heavy atom. The molecule has 0 saturated heterocycles. The summed E-state index contributed by atoms with van der Waals surface area (Å²) in [6.45, 7) is 3.88. The van der Waals surface area contributed by atoms with Crippen molar-refractivity contribution in [3.05, 3.63) is 51.3 Å². The third-order valence-electron chi connectivity index (χ3n) is 2.90. The van der Waals surface area contributed by atoms with Crippen molar-refractivity contribution >= 4 is 33.7 Å². The van der Waals surface area contributed by atoms with Crippen molar-refractivity contribution < 1.29 is 4.79 Å². The number of nitrogens with one attached hydrogen (secondary N) is 1. The number of aryl methyl sites for hydroxylation is 2. The Kier molecular flexibility index (Phi) is 3.81. The van der Waals surface area contributed by atoms with Gasteiger partial charge in [0.25, 0.3) is 5.91 Å². The lowest BCUT2D eigenvalue weighted by Gasteiger charge is -2.03. The van der Waals surface area contributed by atoms with E-state index >= 15 is 0 Å². The average Bonchev–Trinajstić information content (AvgIpc) is 3.08. The molecular formula is C15H13N3OS2. The molecule has 1 amide bonds. The number of amides is 1. The van der Waals surface area contributed by atoms with E-state index in [-0.39, 0.29) is 5.91 Å². The fourth-order valence-electron chi connectivity index (χ4n) is 1.87. The number of carbonyl (C=O) groups is 1. The number of aromatic nitrogens is 2. The number of rotatable bonds is 3. The third kappa shape index (κ3) is 3.17. The minimum atomic E-state index is -0.148. The van der Waals surface area contributed by atoms with Crippen molar-refractivity contribution in [3.8, 4) is 11.3 Å². The first kappa shape index (κ1) is 13.9. The lowest BCUT2D eigenvalue weighted by Crippen LogP contribution is -2.11. The number of carbonyl (C=O) groups excluding carboxylic acids is 1. The van der Waals surface area contributed by atoms with Crippen LogP contribution in [-0.4, -0.2) is 15.9 Å². The highest BCUT2D eigenvalue weighted by molar-refractivity contribution is 7.14. The number of nitrogens with zero attached hydrogens (tertiary/aromatic N) is 2. The first-order valence-corrected chi connectivity index (χ1v) is 8.14. The Hall–Kier alpha value is -2.05. The van der Waals surface area contributed by atoms with Crippen molar-refractivity contribution in [1.29, 1.82) is 0 Å². The fourth-order valence-corrected chi connectivity index (χ4v) is 3.17. The molecule has 0 saturated carbocycles. The number of anilines is 1. The van der Waals surface area contributed by atoms with Gasteiger partial charge in [-0.2, -0.15) is 0 Å². The smallest absolute Gasteiger partial charge is 0.257 e. The Bertz CT molecular complexity index is 774. The van der Waals surface area contributed by atoms with E-state index in [2.05, 4.69) is 15.3 Å². The van der Waals surface area contributed by atoms with Gasteiger partial charge >= 0.3 is 0 Å². The van der Waals surface area contributed by atoms with Crippen LogP contribution in [0.15, 0.2) is 35.0 Å². The van der Waals surface area contributed by atoms with Crippen LogP contribution in [0.5, 0.6) is 0 Å². The van der Waals surface area contributed by atoms with Crippen LogP contribution in [0.2, 0.25) is 0 Å². The van der Waals surface area contributed by atoms with Crippen molar-refractivity contribution in [1.82, 2.24) is 9.97 Å². The van der Waals surface area contributed by atoms with Gasteiger partial charge in [0, 0.05) is 21.9 Å². The zero-order valence-electron chi connectivity index (χ0n) is 11.6. The number of hydrogen-bond donors (Lipinski definition) is 1. The molecule has 2 aromatic heterocycles. The van der Waals surface area contributed by atoms with Gasteiger partial charge in [0.1, 0.15) is 0 Å². The summed E-state index contributed by atoms with van der Waals surface area (Å²) in [5, 5.41) is 8.38. The Labute approximate surface area is 130 Å². The zero-order valence-corrected chi connectivity index (χ0v) is 13.2. The summed E-state index contributed by atoms with van der Waals surface area (Å²) < 4.78 is 0. The van der Waals surface area contributed by atoms with Gasteiger partial charge in [0.15, 0.2) is 5.13 Å². The summed E-state index contributed by atoms with van der Waals surface area (Å²) in [5.41, 5.74) is 3.48. The maximum Gasteiger partial charge on any atom is 0.257 e. The average molecular weight is 315 g/mol. The molecular weight excluding hydrogens is 302 g/mol. The number of hydrogen-bond acceptors (Lipinski definition) is 5. The van der Waals surface area contributed by atoms with E-state index in [1.165, 1.54) is 11.3 Å². The van der Waals surface area contributed by atoms with E-state index in [1.807, 2.05) is 36.7 Å². The van der Waals surface area contributed by atoms with Gasteiger partial charge in [-0.3, -0.25) is 10.1 Å². The Balaban J connectivity index is 1.76. The van der Waals surface area contributed by atoms with E-state index in [0.29, 0.717) is 10.7 Å². The maximum absolute atomic E-state index is 12.1. The summed E-state index contributed by atoms with van der Waals surface area (Å²) in [6, 6.07) is 7.44.